The fourth-order valence-electron chi connectivity index (χ4n) is 5.34. The van der Waals surface area contributed by atoms with E-state index >= 15 is 0 Å². The molecular weight excluding hydrogens is 510 g/mol. The summed E-state index contributed by atoms with van der Waals surface area (Å²) in [6, 6.07) is 28.7. The Hall–Kier alpha value is -2.47. The third kappa shape index (κ3) is 6.08. The van der Waals surface area contributed by atoms with Crippen LogP contribution in [-0.2, 0) is 6.54 Å². The molecule has 1 amide bonds. The quantitative estimate of drug-likeness (QED) is 0.317. The van der Waals surface area contributed by atoms with Crippen molar-refractivity contribution in [3.05, 3.63) is 106 Å². The van der Waals surface area contributed by atoms with E-state index in [4.69, 9.17) is 0 Å². The summed E-state index contributed by atoms with van der Waals surface area (Å²) in [6.07, 6.45) is 0. The van der Waals surface area contributed by atoms with Gasteiger partial charge in [-0.25, -0.2) is 0 Å². The first-order valence-electron chi connectivity index (χ1n) is 13.1. The molecule has 4 nitrogen and oxygen atoms in total. The average Bonchev–Trinajstić information content (AvgIpc) is 2.90. The van der Waals surface area contributed by atoms with E-state index in [-0.39, 0.29) is 11.9 Å². The third-order valence-corrected chi connectivity index (χ3v) is 7.96. The molecule has 5 heteroatoms. The average molecular weight is 549 g/mol. The van der Waals surface area contributed by atoms with Gasteiger partial charge in [-0.05, 0) is 68.7 Å². The maximum Gasteiger partial charge on any atom is 0.253 e. The maximum absolute atomic E-state index is 12.9. The lowest BCUT2D eigenvalue weighted by Crippen LogP contribution is -2.56. The number of carbonyl (C=O) groups is 1. The fourth-order valence-corrected chi connectivity index (χ4v) is 5.61. The summed E-state index contributed by atoms with van der Waals surface area (Å²) in [7, 11) is 0. The molecule has 1 unspecified atom stereocenters. The first kappa shape index (κ1) is 26.6. The van der Waals surface area contributed by atoms with Crippen molar-refractivity contribution >= 4 is 21.8 Å². The lowest BCUT2D eigenvalue weighted by Gasteiger charge is -2.47. The van der Waals surface area contributed by atoms with E-state index in [0.29, 0.717) is 12.1 Å². The molecule has 0 saturated carbocycles. The molecule has 0 aromatic heterocycles. The predicted molar refractivity (Wildman–Crippen MR) is 152 cm³/mol. The molecule has 4 rings (SSSR count). The smallest absolute Gasteiger partial charge is 0.253 e. The van der Waals surface area contributed by atoms with Crippen molar-refractivity contribution in [1.82, 2.24) is 14.7 Å². The summed E-state index contributed by atoms with van der Waals surface area (Å²) < 4.78 is 1.12. The van der Waals surface area contributed by atoms with Crippen molar-refractivity contribution < 1.29 is 4.79 Å². The Morgan fingerprint density at radius 1 is 0.861 bits per heavy atom. The van der Waals surface area contributed by atoms with Crippen molar-refractivity contribution in [2.45, 2.75) is 52.4 Å². The van der Waals surface area contributed by atoms with Crippen LogP contribution in [0.15, 0.2) is 83.3 Å². The zero-order valence-electron chi connectivity index (χ0n) is 21.9. The molecular formula is C31H38BrN3O. The van der Waals surface area contributed by atoms with Gasteiger partial charge in [0.2, 0.25) is 0 Å². The van der Waals surface area contributed by atoms with Gasteiger partial charge in [0, 0.05) is 54.8 Å². The van der Waals surface area contributed by atoms with Crippen LogP contribution in [0.3, 0.4) is 0 Å². The van der Waals surface area contributed by atoms with Crippen LogP contribution in [0, 0.1) is 0 Å². The molecule has 3 atom stereocenters. The molecule has 1 aliphatic rings. The topological polar surface area (TPSA) is 26.8 Å². The van der Waals surface area contributed by atoms with Gasteiger partial charge in [-0.2, -0.15) is 0 Å². The molecule has 0 spiro atoms. The number of hydrogen-bond acceptors (Lipinski definition) is 3. The highest BCUT2D eigenvalue weighted by Gasteiger charge is 2.34. The molecule has 0 radical (unpaired) electrons. The maximum atomic E-state index is 12.9. The molecule has 0 aliphatic carbocycles. The Kier molecular flexibility index (Phi) is 9.00. The minimum atomic E-state index is 0.103. The summed E-state index contributed by atoms with van der Waals surface area (Å²) in [5, 5.41) is 0. The lowest BCUT2D eigenvalue weighted by molar-refractivity contribution is 0.0195. The van der Waals surface area contributed by atoms with Gasteiger partial charge in [0.25, 0.3) is 5.91 Å². The predicted octanol–water partition coefficient (Wildman–Crippen LogP) is 6.62. The fraction of sp³-hybridized carbons (Fsp3) is 0.387. The van der Waals surface area contributed by atoms with E-state index in [9.17, 15) is 4.79 Å². The Morgan fingerprint density at radius 2 is 1.47 bits per heavy atom. The summed E-state index contributed by atoms with van der Waals surface area (Å²) in [6.45, 7) is 13.1. The number of piperazine rings is 1. The zero-order chi connectivity index (χ0) is 25.7. The van der Waals surface area contributed by atoms with Crippen LogP contribution in [0.25, 0.3) is 0 Å². The molecule has 0 N–H and O–H groups in total. The molecule has 190 valence electrons. The highest BCUT2D eigenvalue weighted by molar-refractivity contribution is 9.10. The highest BCUT2D eigenvalue weighted by Crippen LogP contribution is 2.34. The van der Waals surface area contributed by atoms with Gasteiger partial charge >= 0.3 is 0 Å². The van der Waals surface area contributed by atoms with Gasteiger partial charge in [-0.15, -0.1) is 0 Å². The van der Waals surface area contributed by atoms with Crippen LogP contribution >= 0.6 is 15.9 Å². The Bertz CT molecular complexity index is 1110. The number of hydrogen-bond donors (Lipinski definition) is 0. The number of amides is 1. The van der Waals surface area contributed by atoms with Gasteiger partial charge in [-0.1, -0.05) is 70.5 Å². The molecule has 3 aromatic carbocycles. The number of carbonyl (C=O) groups excluding carboxylic acids is 1. The van der Waals surface area contributed by atoms with E-state index in [2.05, 4.69) is 106 Å². The van der Waals surface area contributed by atoms with E-state index in [1.165, 1.54) is 16.7 Å². The number of rotatable bonds is 8. The van der Waals surface area contributed by atoms with Gasteiger partial charge in [0.05, 0.1) is 6.04 Å². The Labute approximate surface area is 225 Å². The first-order valence-corrected chi connectivity index (χ1v) is 13.9. The van der Waals surface area contributed by atoms with Crippen LogP contribution in [0.5, 0.6) is 0 Å². The summed E-state index contributed by atoms with van der Waals surface area (Å²) in [5.41, 5.74) is 4.63. The molecule has 1 heterocycles. The van der Waals surface area contributed by atoms with Gasteiger partial charge in [-0.3, -0.25) is 14.6 Å². The van der Waals surface area contributed by atoms with Crippen LogP contribution in [0.1, 0.15) is 60.8 Å². The Balaban J connectivity index is 1.58. The molecule has 1 aliphatic heterocycles. The van der Waals surface area contributed by atoms with Crippen molar-refractivity contribution in [2.75, 3.05) is 26.2 Å². The lowest BCUT2D eigenvalue weighted by atomic mass is 9.92. The first-order chi connectivity index (χ1) is 17.4. The summed E-state index contributed by atoms with van der Waals surface area (Å²) in [4.78, 5) is 20.0. The number of nitrogens with zero attached hydrogens (tertiary/aromatic N) is 3. The number of benzene rings is 3. The zero-order valence-corrected chi connectivity index (χ0v) is 23.5. The van der Waals surface area contributed by atoms with Crippen molar-refractivity contribution in [3.63, 3.8) is 0 Å². The van der Waals surface area contributed by atoms with Gasteiger partial charge < -0.3 is 4.90 Å². The molecule has 1 saturated heterocycles. The van der Waals surface area contributed by atoms with E-state index in [1.807, 2.05) is 30.9 Å². The minimum absolute atomic E-state index is 0.103. The molecule has 3 aromatic rings. The standard InChI is InChI=1S/C31H38BrN3O/c1-5-33(6-2)31(36)28-16-14-27(15-17-28)30(26-10-8-7-9-11-26)35-21-23(3)34(20-24(35)4)22-25-12-18-29(32)19-13-25/h7-19,23-24,30H,5-6,20-22H2,1-4H3/t23-,24+,30?/m1/s1. The minimum Gasteiger partial charge on any atom is -0.339 e. The molecule has 0 bridgehead atoms. The van der Waals surface area contributed by atoms with E-state index in [1.54, 1.807) is 0 Å². The monoisotopic (exact) mass is 547 g/mol. The van der Waals surface area contributed by atoms with Crippen LogP contribution < -0.4 is 0 Å². The number of halogens is 1. The van der Waals surface area contributed by atoms with Crippen LogP contribution in [0.4, 0.5) is 0 Å². The third-order valence-electron chi connectivity index (χ3n) is 7.43. The van der Waals surface area contributed by atoms with Crippen molar-refractivity contribution in [2.24, 2.45) is 0 Å². The highest BCUT2D eigenvalue weighted by atomic mass is 79.9. The normalized spacial score (nSPS) is 19.7. The second kappa shape index (κ2) is 12.2. The Morgan fingerprint density at radius 3 is 2.08 bits per heavy atom. The SMILES string of the molecule is CCN(CC)C(=O)c1ccc(C(c2ccccc2)N2C[C@@H](C)N(Cc3ccc(Br)cc3)C[C@@H]2C)cc1. The van der Waals surface area contributed by atoms with Crippen molar-refractivity contribution in [1.29, 1.82) is 0 Å². The van der Waals surface area contributed by atoms with Gasteiger partial charge in [0.15, 0.2) is 0 Å². The molecule has 1 fully saturated rings. The molecule has 36 heavy (non-hydrogen) atoms. The van der Waals surface area contributed by atoms with E-state index in [0.717, 1.165) is 42.8 Å². The second-order valence-corrected chi connectivity index (χ2v) is 10.8. The largest absolute Gasteiger partial charge is 0.339 e. The van der Waals surface area contributed by atoms with E-state index < -0.39 is 0 Å². The summed E-state index contributed by atoms with van der Waals surface area (Å²) >= 11 is 3.55. The van der Waals surface area contributed by atoms with Crippen molar-refractivity contribution in [3.8, 4) is 0 Å². The summed E-state index contributed by atoms with van der Waals surface area (Å²) in [5.74, 6) is 0.103. The van der Waals surface area contributed by atoms with Crippen LogP contribution in [0.2, 0.25) is 0 Å². The second-order valence-electron chi connectivity index (χ2n) is 9.86. The van der Waals surface area contributed by atoms with Crippen LogP contribution in [-0.4, -0.2) is 58.9 Å². The van der Waals surface area contributed by atoms with Gasteiger partial charge in [0.1, 0.15) is 0 Å².